The zero-order valence-electron chi connectivity index (χ0n) is 39.5. The molecule has 7 rings (SSSR count). The van der Waals surface area contributed by atoms with E-state index in [4.69, 9.17) is 5.11 Å². The van der Waals surface area contributed by atoms with Crippen LogP contribution in [-0.4, -0.2) is 23.0 Å². The molecule has 7 aromatic rings. The van der Waals surface area contributed by atoms with Crippen LogP contribution in [0.15, 0.2) is 152 Å². The van der Waals surface area contributed by atoms with Crippen molar-refractivity contribution in [1.29, 1.82) is 0 Å². The van der Waals surface area contributed by atoms with Crippen LogP contribution in [0.3, 0.4) is 0 Å². The Labute approximate surface area is 438 Å². The molecular weight excluding hydrogens is 1150 g/mol. The van der Waals surface area contributed by atoms with Gasteiger partial charge in [-0.3, -0.25) is 4.79 Å². The molecule has 0 radical (unpaired) electrons. The number of nitrogens with zero attached hydrogens (tertiary/aromatic N) is 1. The average Bonchev–Trinajstić information content (AvgIpc) is 3.11. The lowest BCUT2D eigenvalue weighted by Gasteiger charge is -2.46. The molecule has 1 heterocycles. The summed E-state index contributed by atoms with van der Waals surface area (Å²) in [5.41, 5.74) is -27.8. The summed E-state index contributed by atoms with van der Waals surface area (Å²) in [6.45, 7) is 0.192. The zero-order chi connectivity index (χ0) is 60.9. The van der Waals surface area contributed by atoms with Gasteiger partial charge in [0.15, 0.2) is 6.20 Å². The lowest BCUT2D eigenvalue weighted by molar-refractivity contribution is -0.672. The van der Waals surface area contributed by atoms with Gasteiger partial charge in [-0.05, 0) is 48.5 Å². The molecule has 0 unspecified atom stereocenters. The molecule has 0 aliphatic carbocycles. The van der Waals surface area contributed by atoms with Crippen molar-refractivity contribution < 1.29 is 125 Å². The number of rotatable bonds is 9. The number of carboxylic acid groups (broad SMARTS) is 1. The Morgan fingerprint density at radius 3 is 0.914 bits per heavy atom. The molecule has 0 saturated heterocycles. The van der Waals surface area contributed by atoms with Gasteiger partial charge in [-0.1, -0.05) is 84.9 Å². The molecule has 0 aliphatic heterocycles. The highest BCUT2D eigenvalue weighted by molar-refractivity contribution is 7.20. The number of ketones is 1. The van der Waals surface area contributed by atoms with Gasteiger partial charge >= 0.3 is 55.4 Å². The summed E-state index contributed by atoms with van der Waals surface area (Å²) in [7, 11) is 0. The number of hydrogen-bond donors (Lipinski definition) is 1. The Bertz CT molecular complexity index is 3020. The molecule has 0 fully saturated rings. The van der Waals surface area contributed by atoms with E-state index < -0.39 is 201 Å². The van der Waals surface area contributed by atoms with Gasteiger partial charge in [0.25, 0.3) is 0 Å². The van der Waals surface area contributed by atoms with E-state index in [0.717, 1.165) is 11.3 Å². The molecule has 0 bridgehead atoms. The molecule has 0 amide bonds. The van der Waals surface area contributed by atoms with Crippen LogP contribution in [0.1, 0.15) is 65.2 Å². The van der Waals surface area contributed by atoms with E-state index in [0.29, 0.717) is 5.56 Å². The maximum absolute atomic E-state index is 14.2. The van der Waals surface area contributed by atoms with E-state index in [-0.39, 0.29) is 17.9 Å². The minimum absolute atomic E-state index is 0.00226. The Kier molecular flexibility index (Phi) is 16.7. The lowest BCUT2D eigenvalue weighted by atomic mass is 9.12. The molecule has 0 aliphatic rings. The molecule has 6 aromatic carbocycles. The van der Waals surface area contributed by atoms with Gasteiger partial charge in [0.05, 0.1) is 50.1 Å². The van der Waals surface area contributed by atoms with Crippen molar-refractivity contribution in [3.8, 4) is 11.3 Å². The van der Waals surface area contributed by atoms with Crippen molar-refractivity contribution in [3.63, 3.8) is 0 Å². The normalized spacial score (nSPS) is 13.1. The van der Waals surface area contributed by atoms with Crippen molar-refractivity contribution in [2.24, 2.45) is 0 Å². The first-order valence-corrected chi connectivity index (χ1v) is 22.2. The molecule has 81 heavy (non-hydrogen) atoms. The highest BCUT2D eigenvalue weighted by Gasteiger charge is 2.47. The summed E-state index contributed by atoms with van der Waals surface area (Å²) in [5.74, 6) is -0.970. The first kappa shape index (κ1) is 62.2. The number of hydrogen-bond acceptors (Lipinski definition) is 2. The topological polar surface area (TPSA) is 58.2 Å². The first-order valence-electron chi connectivity index (χ1n) is 22.2. The van der Waals surface area contributed by atoms with E-state index in [1.165, 1.54) is 0 Å². The number of halogens is 24. The Morgan fingerprint density at radius 1 is 0.346 bits per heavy atom. The molecule has 29 heteroatoms. The van der Waals surface area contributed by atoms with Gasteiger partial charge in [-0.25, -0.2) is 4.79 Å². The van der Waals surface area contributed by atoms with Gasteiger partial charge in [0, 0.05) is 23.3 Å². The fraction of sp³-hybridized carbons (Fsp3) is 0.173. The molecular formula is C52H28BF24NO3. The second-order valence-corrected chi connectivity index (χ2v) is 17.6. The smallest absolute Gasteiger partial charge is 0.416 e. The van der Waals surface area contributed by atoms with E-state index in [2.05, 4.69) is 0 Å². The molecule has 0 saturated carbocycles. The van der Waals surface area contributed by atoms with E-state index in [1.807, 2.05) is 53.2 Å². The van der Waals surface area contributed by atoms with Crippen LogP contribution >= 0.6 is 0 Å². The number of carboxylic acids is 1. The summed E-state index contributed by atoms with van der Waals surface area (Å²) in [4.78, 5) is 23.6. The number of pyridine rings is 1. The second kappa shape index (κ2) is 21.8. The third kappa shape index (κ3) is 14.3. The average molecular weight is 1180 g/mol. The number of alkyl halides is 24. The van der Waals surface area contributed by atoms with Crippen molar-refractivity contribution in [2.75, 3.05) is 0 Å². The van der Waals surface area contributed by atoms with Crippen molar-refractivity contribution in [2.45, 2.75) is 56.0 Å². The number of carbonyl (C=O) groups is 2. The van der Waals surface area contributed by atoms with Crippen LogP contribution in [0.25, 0.3) is 11.3 Å². The number of carbonyl (C=O) groups excluding carboxylic acids is 1. The maximum atomic E-state index is 14.2. The second-order valence-electron chi connectivity index (χ2n) is 17.6. The van der Waals surface area contributed by atoms with Crippen LogP contribution in [0.5, 0.6) is 0 Å². The van der Waals surface area contributed by atoms with Crippen molar-refractivity contribution >= 4 is 39.7 Å². The van der Waals surface area contributed by atoms with Gasteiger partial charge in [0.2, 0.25) is 18.0 Å². The maximum Gasteiger partial charge on any atom is 0.416 e. The number of aromatic nitrogens is 1. The lowest BCUT2D eigenvalue weighted by Crippen LogP contribution is -2.75. The third-order valence-electron chi connectivity index (χ3n) is 12.2. The Morgan fingerprint density at radius 2 is 0.630 bits per heavy atom. The van der Waals surface area contributed by atoms with Gasteiger partial charge in [-0.15, -0.1) is 0 Å². The molecule has 430 valence electrons. The summed E-state index contributed by atoms with van der Waals surface area (Å²) in [6.07, 6.45) is -53.0. The number of Topliss-reactive ketones (excluding diaryl/α,β-unsaturated/α-hetero) is 1. The van der Waals surface area contributed by atoms with E-state index in [9.17, 15) is 115 Å². The van der Waals surface area contributed by atoms with E-state index >= 15 is 0 Å². The Hall–Kier alpha value is -8.01. The predicted molar refractivity (Wildman–Crippen MR) is 240 cm³/mol. The zero-order valence-corrected chi connectivity index (χ0v) is 39.5. The summed E-state index contributed by atoms with van der Waals surface area (Å²) in [5, 5.41) is 9.16. The summed E-state index contributed by atoms with van der Waals surface area (Å²) < 4.78 is 343. The van der Waals surface area contributed by atoms with Crippen LogP contribution < -0.4 is 26.4 Å². The van der Waals surface area contributed by atoms with Gasteiger partial charge in [0.1, 0.15) is 6.15 Å². The molecule has 0 spiro atoms. The highest BCUT2D eigenvalue weighted by Crippen LogP contribution is 2.41. The molecule has 4 nitrogen and oxygen atoms in total. The standard InChI is InChI=1S/C32H12BF24.C20H15NO3/c34-25(35,36)13-1-14(26(37,38)39)6-21(5-13)33(22-7-15(27(40,41)42)2-16(8-22)28(43,44)45,23-9-17(29(46,47)48)3-18(10-23)30(49,50)51)24-11-19(31(52,53)54)4-20(12-24)32(55,56)57;22-19(15-7-2-1-3-8-15)14-21-12-5-4-11-18(21)16-9-6-10-17(13-16)20(23)24/h1-12H;1-13H,14H2/q-1;/p+1. The largest absolute Gasteiger partial charge is 0.478 e. The molecule has 1 N–H and O–H groups in total. The predicted octanol–water partition coefficient (Wildman–Crippen LogP) is 14.4. The summed E-state index contributed by atoms with van der Waals surface area (Å²) >= 11 is 0. The quantitative estimate of drug-likeness (QED) is 0.0678. The van der Waals surface area contributed by atoms with Gasteiger partial charge < -0.3 is 5.11 Å². The van der Waals surface area contributed by atoms with Crippen LogP contribution in [0, 0.1) is 0 Å². The summed E-state index contributed by atoms with van der Waals surface area (Å²) in [6, 6.07) is 12.6. The minimum atomic E-state index is -6.13. The third-order valence-corrected chi connectivity index (χ3v) is 12.2. The fourth-order valence-corrected chi connectivity index (χ4v) is 8.63. The van der Waals surface area contributed by atoms with Crippen LogP contribution in [-0.2, 0) is 56.0 Å². The number of benzene rings is 6. The van der Waals surface area contributed by atoms with Crippen LogP contribution in [0.2, 0.25) is 0 Å². The number of aromatic carboxylic acids is 1. The minimum Gasteiger partial charge on any atom is -0.478 e. The highest BCUT2D eigenvalue weighted by atomic mass is 19.4. The van der Waals surface area contributed by atoms with Gasteiger partial charge in [-0.2, -0.15) is 132 Å². The van der Waals surface area contributed by atoms with Crippen molar-refractivity contribution in [3.05, 3.63) is 207 Å². The SMILES string of the molecule is FC(F)(F)c1cc([B-](c2cc(C(F)(F)F)cc(C(F)(F)F)c2)(c2cc(C(F)(F)F)cc(C(F)(F)F)c2)c2cc(C(F)(F)F)cc(C(F)(F)F)c2)cc(C(F)(F)F)c1.O=C(O)c1cccc(-c2cccc[n+]2CC(=O)c2ccccc2)c1. The Balaban J connectivity index is 0.000000363. The van der Waals surface area contributed by atoms with Crippen LogP contribution in [0.4, 0.5) is 105 Å². The first-order chi connectivity index (χ1) is 36.9. The molecule has 1 aromatic heterocycles. The fourth-order valence-electron chi connectivity index (χ4n) is 8.63. The van der Waals surface area contributed by atoms with Crippen molar-refractivity contribution in [1.82, 2.24) is 0 Å². The van der Waals surface area contributed by atoms with E-state index in [1.54, 1.807) is 30.3 Å². The molecule has 0 atom stereocenters. The monoisotopic (exact) mass is 1180 g/mol.